The van der Waals surface area contributed by atoms with Crippen LogP contribution in [0.5, 0.6) is 0 Å². The topological polar surface area (TPSA) is 174 Å². The van der Waals surface area contributed by atoms with Crippen LogP contribution < -0.4 is 0 Å². The van der Waals surface area contributed by atoms with Gasteiger partial charge in [0.15, 0.2) is 5.60 Å². The van der Waals surface area contributed by atoms with E-state index in [1.165, 1.54) is 6.92 Å². The highest BCUT2D eigenvalue weighted by Crippen LogP contribution is 2.84. The lowest BCUT2D eigenvalue weighted by atomic mass is 9.42. The normalized spacial score (nSPS) is 59.5. The summed E-state index contributed by atoms with van der Waals surface area (Å²) in [6, 6.07) is 0. The van der Waals surface area contributed by atoms with Crippen LogP contribution in [0.1, 0.15) is 46.5 Å². The van der Waals surface area contributed by atoms with E-state index < -0.39 is 76.5 Å². The summed E-state index contributed by atoms with van der Waals surface area (Å²) in [6.45, 7) is 4.31. The minimum Gasteiger partial charge on any atom is -0.446 e. The number of carbonyl (C=O) groups excluding carboxylic acids is 2. The summed E-state index contributed by atoms with van der Waals surface area (Å²) < 4.78 is 12.0. The van der Waals surface area contributed by atoms with Gasteiger partial charge in [0, 0.05) is 34.0 Å². The molecule has 9 rings (SSSR count). The summed E-state index contributed by atoms with van der Waals surface area (Å²) >= 11 is 0. The summed E-state index contributed by atoms with van der Waals surface area (Å²) in [6.07, 6.45) is 0.137. The van der Waals surface area contributed by atoms with Gasteiger partial charge < -0.3 is 40.1 Å². The van der Waals surface area contributed by atoms with Crippen molar-refractivity contribution in [1.29, 1.82) is 0 Å². The zero-order chi connectivity index (χ0) is 28.3. The predicted molar refractivity (Wildman–Crippen MR) is 132 cm³/mol. The van der Waals surface area contributed by atoms with Crippen molar-refractivity contribution in [3.05, 3.63) is 33.4 Å². The molecule has 2 heterocycles. The molecule has 5 saturated carbocycles. The van der Waals surface area contributed by atoms with Gasteiger partial charge in [-0.15, -0.1) is 0 Å². The second kappa shape index (κ2) is 6.31. The van der Waals surface area contributed by atoms with Gasteiger partial charge in [0.25, 0.3) is 5.79 Å². The number of carbonyl (C=O) groups is 2. The van der Waals surface area contributed by atoms with Crippen molar-refractivity contribution < 1.29 is 49.7 Å². The van der Waals surface area contributed by atoms with E-state index in [1.54, 1.807) is 6.92 Å². The molecule has 9 aliphatic rings. The molecule has 10 heteroatoms. The maximum atomic E-state index is 13.6. The first-order valence-corrected chi connectivity index (χ1v) is 14.5. The molecule has 7 aliphatic carbocycles. The average molecular weight is 555 g/mol. The molecule has 6 N–H and O–H groups in total. The van der Waals surface area contributed by atoms with Crippen LogP contribution in [-0.2, 0) is 19.1 Å². The fraction of sp³-hybridized carbons (Fsp3) is 0.733. The minimum absolute atomic E-state index is 0.00749. The first kappa shape index (κ1) is 24.5. The second-order valence-corrected chi connectivity index (χ2v) is 14.6. The molecule has 0 saturated heterocycles. The van der Waals surface area contributed by atoms with Crippen LogP contribution in [0.4, 0.5) is 0 Å². The lowest BCUT2D eigenvalue weighted by molar-refractivity contribution is -0.244. The predicted octanol–water partition coefficient (Wildman–Crippen LogP) is -0.390. The molecule has 0 aromatic heterocycles. The Kier molecular flexibility index (Phi) is 3.86. The van der Waals surface area contributed by atoms with Crippen LogP contribution in [0, 0.1) is 46.3 Å². The zero-order valence-corrected chi connectivity index (χ0v) is 22.6. The minimum atomic E-state index is -2.40. The molecule has 2 aliphatic heterocycles. The van der Waals surface area contributed by atoms with Crippen LogP contribution in [0.15, 0.2) is 33.4 Å². The van der Waals surface area contributed by atoms with Crippen LogP contribution in [0.25, 0.3) is 0 Å². The Morgan fingerprint density at radius 2 is 1.60 bits per heavy atom. The lowest BCUT2D eigenvalue weighted by Crippen LogP contribution is -2.69. The molecule has 0 aromatic rings. The van der Waals surface area contributed by atoms with Gasteiger partial charge in [0.05, 0.1) is 30.0 Å². The van der Waals surface area contributed by atoms with Crippen LogP contribution in [0.2, 0.25) is 0 Å². The van der Waals surface area contributed by atoms with E-state index in [0.717, 1.165) is 0 Å². The number of rotatable bonds is 2. The number of fused-ring (bicyclic) bond motifs is 9. The van der Waals surface area contributed by atoms with Crippen molar-refractivity contribution in [2.45, 2.75) is 75.1 Å². The van der Waals surface area contributed by atoms with Gasteiger partial charge in [-0.3, -0.25) is 0 Å². The molecule has 13 unspecified atom stereocenters. The Bertz CT molecular complexity index is 1490. The quantitative estimate of drug-likeness (QED) is 0.247. The monoisotopic (exact) mass is 554 g/mol. The Balaban J connectivity index is 1.43. The maximum Gasteiger partial charge on any atom is 0.337 e. The molecule has 10 nitrogen and oxygen atoms in total. The van der Waals surface area contributed by atoms with Crippen LogP contribution in [0.3, 0.4) is 0 Å². The van der Waals surface area contributed by atoms with E-state index in [4.69, 9.17) is 9.47 Å². The molecule has 0 radical (unpaired) electrons. The summed E-state index contributed by atoms with van der Waals surface area (Å²) in [5, 5.41) is 69.3. The Morgan fingerprint density at radius 3 is 2.27 bits per heavy atom. The lowest BCUT2D eigenvalue weighted by Gasteiger charge is -2.64. The van der Waals surface area contributed by atoms with Crippen molar-refractivity contribution in [3.8, 4) is 0 Å². The third kappa shape index (κ3) is 2.00. The fourth-order valence-corrected chi connectivity index (χ4v) is 12.0. The van der Waals surface area contributed by atoms with E-state index in [-0.39, 0.29) is 53.2 Å². The smallest absolute Gasteiger partial charge is 0.337 e. The van der Waals surface area contributed by atoms with Crippen LogP contribution >= 0.6 is 0 Å². The highest BCUT2D eigenvalue weighted by Gasteiger charge is 2.87. The molecular formula is C30H34O10. The van der Waals surface area contributed by atoms with Gasteiger partial charge >= 0.3 is 11.9 Å². The van der Waals surface area contributed by atoms with Crippen molar-refractivity contribution in [2.75, 3.05) is 13.2 Å². The third-order valence-corrected chi connectivity index (χ3v) is 13.7. The molecule has 0 amide bonds. The Hall–Kier alpha value is -2.08. The summed E-state index contributed by atoms with van der Waals surface area (Å²) in [4.78, 5) is 26.6. The molecule has 0 bridgehead atoms. The van der Waals surface area contributed by atoms with Gasteiger partial charge in [-0.2, -0.15) is 0 Å². The molecule has 13 atom stereocenters. The van der Waals surface area contributed by atoms with Gasteiger partial charge in [-0.05, 0) is 72.8 Å². The first-order valence-electron chi connectivity index (χ1n) is 14.5. The summed E-state index contributed by atoms with van der Waals surface area (Å²) in [5.41, 5.74) is -4.69. The van der Waals surface area contributed by atoms with Gasteiger partial charge in [-0.1, -0.05) is 13.8 Å². The van der Waals surface area contributed by atoms with Crippen molar-refractivity contribution in [3.63, 3.8) is 0 Å². The van der Waals surface area contributed by atoms with E-state index in [0.29, 0.717) is 29.6 Å². The fourth-order valence-electron chi connectivity index (χ4n) is 12.0. The van der Waals surface area contributed by atoms with Gasteiger partial charge in [0.2, 0.25) is 0 Å². The summed E-state index contributed by atoms with van der Waals surface area (Å²) in [5.74, 6) is -5.48. The zero-order valence-electron chi connectivity index (χ0n) is 22.6. The highest BCUT2D eigenvalue weighted by atomic mass is 16.7. The molecule has 214 valence electrons. The van der Waals surface area contributed by atoms with E-state index in [2.05, 4.69) is 6.92 Å². The number of ether oxygens (including phenoxy) is 2. The van der Waals surface area contributed by atoms with Crippen molar-refractivity contribution in [2.24, 2.45) is 46.3 Å². The van der Waals surface area contributed by atoms with E-state index >= 15 is 0 Å². The number of hydrogen-bond donors (Lipinski definition) is 6. The molecule has 5 fully saturated rings. The molecule has 40 heavy (non-hydrogen) atoms. The SMILES string of the molecule is CC1=C2C3=C4C(O)(CC5C36OC(=O)C(CO)=C6CC3C(O)(CO)C6CC6C53C)C3CC3C4(C)C(O)C2(O)OC1=O. The Morgan fingerprint density at radius 1 is 0.900 bits per heavy atom. The van der Waals surface area contributed by atoms with Crippen molar-refractivity contribution in [1.82, 2.24) is 0 Å². The van der Waals surface area contributed by atoms with Gasteiger partial charge in [0.1, 0.15) is 6.10 Å². The number of esters is 2. The average Bonchev–Trinajstić information content (AvgIpc) is 3.80. The maximum absolute atomic E-state index is 13.6. The standard InChI is InChI=1S/C30H34O10/c1-10-19-20-21-26(3,24(35)30(19,38)40-22(10)33)14-5-15(14)27(21,36)7-18-25(2)13-4-16(13)28(37,9-32)17(25)6-12-11(8-31)23(34)39-29(12,18)20/h13-18,24,31-32,35-38H,4-9H2,1-3H3. The van der Waals surface area contributed by atoms with Gasteiger partial charge in [-0.25, -0.2) is 9.59 Å². The third-order valence-electron chi connectivity index (χ3n) is 13.7. The number of aliphatic hydroxyl groups excluding tert-OH is 3. The highest BCUT2D eigenvalue weighted by molar-refractivity contribution is 5.98. The molecular weight excluding hydrogens is 520 g/mol. The Labute approximate surface area is 230 Å². The number of aliphatic hydroxyl groups is 6. The van der Waals surface area contributed by atoms with Crippen molar-refractivity contribution >= 4 is 11.9 Å². The molecule has 0 aromatic carbocycles. The summed E-state index contributed by atoms with van der Waals surface area (Å²) in [7, 11) is 0. The first-order chi connectivity index (χ1) is 18.7. The largest absolute Gasteiger partial charge is 0.446 e. The molecule has 1 spiro atoms. The van der Waals surface area contributed by atoms with Crippen LogP contribution in [-0.4, -0.2) is 84.5 Å². The van der Waals surface area contributed by atoms with E-state index in [9.17, 15) is 40.2 Å². The van der Waals surface area contributed by atoms with E-state index in [1.807, 2.05) is 0 Å². The second-order valence-electron chi connectivity index (χ2n) is 14.6. The number of hydrogen-bond acceptors (Lipinski definition) is 10.